The molecule has 3 N–H and O–H groups in total. The van der Waals surface area contributed by atoms with Crippen LogP contribution >= 0.6 is 24.0 Å². The molecule has 0 spiro atoms. The maximum absolute atomic E-state index is 12.2. The molecule has 1 aromatic carbocycles. The molecular weight excluding hydrogens is 355 g/mol. The molecule has 6 nitrogen and oxygen atoms in total. The highest BCUT2D eigenvalue weighted by Crippen LogP contribution is 2.28. The van der Waals surface area contributed by atoms with E-state index in [9.17, 15) is 4.79 Å². The van der Waals surface area contributed by atoms with Gasteiger partial charge in [-0.25, -0.2) is 0 Å². The summed E-state index contributed by atoms with van der Waals surface area (Å²) in [6, 6.07) is 6.61. The molecule has 1 heterocycles. The molecule has 0 bridgehead atoms. The summed E-state index contributed by atoms with van der Waals surface area (Å²) in [5.74, 6) is 0.727. The van der Waals surface area contributed by atoms with E-state index in [2.05, 4.69) is 5.32 Å². The number of ether oxygens (including phenoxy) is 2. The van der Waals surface area contributed by atoms with E-state index < -0.39 is 0 Å². The highest BCUT2D eigenvalue weighted by atomic mass is 35.5. The number of hydrogen-bond acceptors (Lipinski definition) is 5. The number of hydrogen-bond donors (Lipinski definition) is 2. The third kappa shape index (κ3) is 5.72. The smallest absolute Gasteiger partial charge is 0.259 e. The highest BCUT2D eigenvalue weighted by Gasteiger charge is 2.13. The van der Waals surface area contributed by atoms with Gasteiger partial charge in [0, 0.05) is 11.6 Å². The van der Waals surface area contributed by atoms with Crippen LogP contribution in [0, 0.1) is 0 Å². The number of benzene rings is 1. The number of anilines is 1. The van der Waals surface area contributed by atoms with Crippen molar-refractivity contribution in [2.75, 3.05) is 25.1 Å². The predicted octanol–water partition coefficient (Wildman–Crippen LogP) is 3.48. The summed E-state index contributed by atoms with van der Waals surface area (Å²) in [5.41, 5.74) is 6.33. The van der Waals surface area contributed by atoms with Gasteiger partial charge in [0.1, 0.15) is 24.4 Å². The first-order valence-corrected chi connectivity index (χ1v) is 7.60. The molecule has 24 heavy (non-hydrogen) atoms. The molecule has 1 aromatic heterocycles. The van der Waals surface area contributed by atoms with Crippen LogP contribution in [-0.2, 0) is 11.3 Å². The zero-order chi connectivity index (χ0) is 16.7. The maximum Gasteiger partial charge on any atom is 0.259 e. The van der Waals surface area contributed by atoms with Crippen molar-refractivity contribution in [2.45, 2.75) is 13.5 Å². The van der Waals surface area contributed by atoms with Crippen LogP contribution in [0.25, 0.3) is 0 Å². The molecule has 0 aliphatic rings. The topological polar surface area (TPSA) is 86.7 Å². The second-order valence-electron chi connectivity index (χ2n) is 4.65. The minimum Gasteiger partial charge on any atom is -0.489 e. The van der Waals surface area contributed by atoms with Crippen LogP contribution in [0.5, 0.6) is 5.75 Å². The molecule has 0 saturated carbocycles. The van der Waals surface area contributed by atoms with Crippen molar-refractivity contribution in [2.24, 2.45) is 5.73 Å². The molecule has 8 heteroatoms. The number of furan rings is 1. The van der Waals surface area contributed by atoms with Gasteiger partial charge in [0.15, 0.2) is 0 Å². The van der Waals surface area contributed by atoms with Gasteiger partial charge in [0.2, 0.25) is 0 Å². The van der Waals surface area contributed by atoms with Gasteiger partial charge in [-0.05, 0) is 31.2 Å². The lowest BCUT2D eigenvalue weighted by Crippen LogP contribution is -2.13. The Kier molecular flexibility index (Phi) is 8.63. The van der Waals surface area contributed by atoms with E-state index in [0.717, 1.165) is 0 Å². The van der Waals surface area contributed by atoms with Crippen LogP contribution in [0.2, 0.25) is 5.02 Å². The van der Waals surface area contributed by atoms with E-state index in [1.165, 1.54) is 6.26 Å². The first-order valence-electron chi connectivity index (χ1n) is 7.23. The summed E-state index contributed by atoms with van der Waals surface area (Å²) in [5, 5.41) is 3.25. The maximum atomic E-state index is 12.2. The Morgan fingerprint density at radius 2 is 2.12 bits per heavy atom. The van der Waals surface area contributed by atoms with Crippen molar-refractivity contribution in [3.63, 3.8) is 0 Å². The van der Waals surface area contributed by atoms with E-state index in [0.29, 0.717) is 47.6 Å². The molecule has 0 unspecified atom stereocenters. The van der Waals surface area contributed by atoms with Crippen LogP contribution in [0.15, 0.2) is 34.9 Å². The van der Waals surface area contributed by atoms with Gasteiger partial charge in [0.25, 0.3) is 5.91 Å². The lowest BCUT2D eigenvalue weighted by Gasteiger charge is -2.12. The van der Waals surface area contributed by atoms with E-state index >= 15 is 0 Å². The van der Waals surface area contributed by atoms with Crippen LogP contribution in [0.4, 0.5) is 5.69 Å². The molecular formula is C16H20Cl2N2O4. The summed E-state index contributed by atoms with van der Waals surface area (Å²) in [6.45, 7) is 3.61. The predicted molar refractivity (Wildman–Crippen MR) is 95.2 cm³/mol. The van der Waals surface area contributed by atoms with Gasteiger partial charge in [-0.2, -0.15) is 0 Å². The largest absolute Gasteiger partial charge is 0.489 e. The second kappa shape index (κ2) is 10.2. The van der Waals surface area contributed by atoms with Gasteiger partial charge in [-0.1, -0.05) is 11.6 Å². The summed E-state index contributed by atoms with van der Waals surface area (Å²) in [4.78, 5) is 12.2. The first kappa shape index (κ1) is 20.3. The van der Waals surface area contributed by atoms with Crippen LogP contribution in [0.1, 0.15) is 23.0 Å². The molecule has 0 aliphatic heterocycles. The van der Waals surface area contributed by atoms with Crippen molar-refractivity contribution >= 4 is 35.6 Å². The molecule has 0 atom stereocenters. The molecule has 0 radical (unpaired) electrons. The quantitative estimate of drug-likeness (QED) is 0.690. The van der Waals surface area contributed by atoms with Crippen LogP contribution in [-0.4, -0.2) is 25.7 Å². The molecule has 0 saturated heterocycles. The SMILES string of the molecule is CCOCCOc1ccc(Cl)cc1NC(=O)c1coc(CN)c1.Cl. The van der Waals surface area contributed by atoms with Gasteiger partial charge >= 0.3 is 0 Å². The third-order valence-corrected chi connectivity index (χ3v) is 3.23. The minimum atomic E-state index is -0.328. The van der Waals surface area contributed by atoms with E-state index in [-0.39, 0.29) is 24.9 Å². The number of rotatable bonds is 8. The van der Waals surface area contributed by atoms with Gasteiger partial charge in [-0.15, -0.1) is 12.4 Å². The Balaban J connectivity index is 0.00000288. The number of halogens is 2. The highest BCUT2D eigenvalue weighted by molar-refractivity contribution is 6.31. The Morgan fingerprint density at radius 1 is 1.33 bits per heavy atom. The van der Waals surface area contributed by atoms with Crippen molar-refractivity contribution in [1.29, 1.82) is 0 Å². The van der Waals surface area contributed by atoms with E-state index in [4.69, 9.17) is 31.2 Å². The van der Waals surface area contributed by atoms with Gasteiger partial charge in [0.05, 0.1) is 24.4 Å². The van der Waals surface area contributed by atoms with Gasteiger partial charge in [-0.3, -0.25) is 4.79 Å². The molecule has 0 fully saturated rings. The lowest BCUT2D eigenvalue weighted by molar-refractivity contribution is 0.102. The van der Waals surface area contributed by atoms with Crippen molar-refractivity contribution < 1.29 is 18.7 Å². The standard InChI is InChI=1S/C16H19ClN2O4.ClH/c1-2-21-5-6-22-15-4-3-12(17)8-14(15)19-16(20)11-7-13(9-18)23-10-11;/h3-4,7-8,10H,2,5-6,9,18H2,1H3,(H,19,20);1H. The fourth-order valence-corrected chi connectivity index (χ4v) is 2.05. The zero-order valence-electron chi connectivity index (χ0n) is 13.2. The summed E-state index contributed by atoms with van der Waals surface area (Å²) < 4.78 is 16.0. The Labute approximate surface area is 151 Å². The molecule has 132 valence electrons. The number of carbonyl (C=O) groups excluding carboxylic acids is 1. The van der Waals surface area contributed by atoms with Crippen LogP contribution < -0.4 is 15.8 Å². The fourth-order valence-electron chi connectivity index (χ4n) is 1.88. The van der Waals surface area contributed by atoms with Crippen LogP contribution in [0.3, 0.4) is 0 Å². The first-order chi connectivity index (χ1) is 11.1. The Morgan fingerprint density at radius 3 is 2.79 bits per heavy atom. The second-order valence-corrected chi connectivity index (χ2v) is 5.08. The fraction of sp³-hybridized carbons (Fsp3) is 0.312. The third-order valence-electron chi connectivity index (χ3n) is 3.00. The normalized spacial score (nSPS) is 10.1. The van der Waals surface area contributed by atoms with Crippen molar-refractivity contribution in [1.82, 2.24) is 0 Å². The average molecular weight is 375 g/mol. The summed E-state index contributed by atoms with van der Waals surface area (Å²) in [7, 11) is 0. The summed E-state index contributed by atoms with van der Waals surface area (Å²) in [6.07, 6.45) is 1.36. The molecule has 2 rings (SSSR count). The van der Waals surface area contributed by atoms with Crippen molar-refractivity contribution in [3.05, 3.63) is 46.9 Å². The van der Waals surface area contributed by atoms with E-state index in [1.807, 2.05) is 6.92 Å². The lowest BCUT2D eigenvalue weighted by atomic mass is 10.2. The molecule has 2 aromatic rings. The molecule has 0 aliphatic carbocycles. The molecule has 1 amide bonds. The number of nitrogens with two attached hydrogens (primary N) is 1. The van der Waals surface area contributed by atoms with E-state index in [1.54, 1.807) is 24.3 Å². The average Bonchev–Trinajstić information content (AvgIpc) is 3.02. The minimum absolute atomic E-state index is 0. The van der Waals surface area contributed by atoms with Gasteiger partial charge < -0.3 is 24.9 Å². The number of nitrogens with one attached hydrogen (secondary N) is 1. The number of carbonyl (C=O) groups is 1. The number of amides is 1. The zero-order valence-corrected chi connectivity index (χ0v) is 14.8. The summed E-state index contributed by atoms with van der Waals surface area (Å²) >= 11 is 5.99. The Bertz CT molecular complexity index is 661. The Hall–Kier alpha value is -1.73. The monoisotopic (exact) mass is 374 g/mol. The van der Waals surface area contributed by atoms with Crippen molar-refractivity contribution in [3.8, 4) is 5.75 Å².